The third-order valence-electron chi connectivity index (χ3n) is 2.62. The van der Waals surface area contributed by atoms with Crippen molar-refractivity contribution in [3.05, 3.63) is 29.3 Å². The Morgan fingerprint density at radius 1 is 1.47 bits per heavy atom. The molecule has 1 rings (SSSR count). The summed E-state index contributed by atoms with van der Waals surface area (Å²) in [4.78, 5) is 10.7. The van der Waals surface area contributed by atoms with Crippen LogP contribution >= 0.6 is 0 Å². The molecule has 1 aromatic carbocycles. The molecule has 0 heterocycles. The summed E-state index contributed by atoms with van der Waals surface area (Å²) < 4.78 is 25.3. The molecule has 1 aromatic rings. The van der Waals surface area contributed by atoms with Gasteiger partial charge < -0.3 is 5.11 Å². The first kappa shape index (κ1) is 15.1. The molecule has 0 atom stereocenters. The van der Waals surface area contributed by atoms with Crippen LogP contribution in [0.25, 0.3) is 0 Å². The zero-order chi connectivity index (χ0) is 14.6. The van der Waals surface area contributed by atoms with Gasteiger partial charge in [-0.2, -0.15) is 9.57 Å². The zero-order valence-electron chi connectivity index (χ0n) is 10.6. The summed E-state index contributed by atoms with van der Waals surface area (Å²) in [6.45, 7) is 2.67. The molecule has 0 bridgehead atoms. The highest BCUT2D eigenvalue weighted by atomic mass is 32.2. The maximum atomic E-state index is 12.2. The minimum Gasteiger partial charge on any atom is -0.480 e. The van der Waals surface area contributed by atoms with Gasteiger partial charge in [0, 0.05) is 6.54 Å². The fourth-order valence-electron chi connectivity index (χ4n) is 1.59. The SMILES string of the molecule is CCN(CC(=O)O)S(=O)(=O)c1ccc(C#N)c(C)c1. The number of rotatable bonds is 5. The van der Waals surface area contributed by atoms with Crippen LogP contribution in [0.5, 0.6) is 0 Å². The highest BCUT2D eigenvalue weighted by molar-refractivity contribution is 7.89. The topological polar surface area (TPSA) is 98.5 Å². The van der Waals surface area contributed by atoms with Crippen LogP contribution < -0.4 is 0 Å². The van der Waals surface area contributed by atoms with Gasteiger partial charge in [0.1, 0.15) is 6.54 Å². The van der Waals surface area contributed by atoms with Gasteiger partial charge in [0.25, 0.3) is 0 Å². The summed E-state index contributed by atoms with van der Waals surface area (Å²) in [6.07, 6.45) is 0. The molecule has 0 spiro atoms. The normalized spacial score (nSPS) is 11.3. The standard InChI is InChI=1S/C12H14N2O4S/c1-3-14(8-12(15)16)19(17,18)11-5-4-10(7-13)9(2)6-11/h4-6H,3,8H2,1-2H3,(H,15,16). The Morgan fingerprint density at radius 3 is 2.53 bits per heavy atom. The number of carboxylic acid groups (broad SMARTS) is 1. The van der Waals surface area contributed by atoms with Gasteiger partial charge in [-0.25, -0.2) is 8.42 Å². The lowest BCUT2D eigenvalue weighted by Gasteiger charge is -2.18. The van der Waals surface area contributed by atoms with E-state index in [1.165, 1.54) is 18.2 Å². The summed E-state index contributed by atoms with van der Waals surface area (Å²) in [7, 11) is -3.85. The zero-order valence-corrected chi connectivity index (χ0v) is 11.4. The molecule has 0 saturated carbocycles. The average Bonchev–Trinajstić information content (AvgIpc) is 2.35. The quantitative estimate of drug-likeness (QED) is 0.867. The van der Waals surface area contributed by atoms with E-state index in [1.807, 2.05) is 6.07 Å². The smallest absolute Gasteiger partial charge is 0.318 e. The van der Waals surface area contributed by atoms with Crippen LogP contribution in [-0.4, -0.2) is 36.9 Å². The van der Waals surface area contributed by atoms with Gasteiger partial charge in [-0.3, -0.25) is 4.79 Å². The monoisotopic (exact) mass is 282 g/mol. The Labute approximate surface area is 111 Å². The van der Waals surface area contributed by atoms with Crippen molar-refractivity contribution in [2.45, 2.75) is 18.7 Å². The second-order valence-electron chi connectivity index (χ2n) is 3.91. The molecule has 7 heteroatoms. The van der Waals surface area contributed by atoms with E-state index >= 15 is 0 Å². The van der Waals surface area contributed by atoms with Crippen molar-refractivity contribution in [1.82, 2.24) is 4.31 Å². The van der Waals surface area contributed by atoms with E-state index in [-0.39, 0.29) is 11.4 Å². The lowest BCUT2D eigenvalue weighted by molar-refractivity contribution is -0.137. The van der Waals surface area contributed by atoms with Crippen LogP contribution in [0.15, 0.2) is 23.1 Å². The number of benzene rings is 1. The molecule has 0 radical (unpaired) electrons. The highest BCUT2D eigenvalue weighted by Crippen LogP contribution is 2.18. The molecule has 0 saturated heterocycles. The second kappa shape index (κ2) is 5.82. The van der Waals surface area contributed by atoms with Gasteiger partial charge in [-0.05, 0) is 30.7 Å². The van der Waals surface area contributed by atoms with Crippen LogP contribution in [0.2, 0.25) is 0 Å². The Balaban J connectivity index is 3.23. The lowest BCUT2D eigenvalue weighted by atomic mass is 10.1. The Kier molecular flexibility index (Phi) is 4.64. The van der Waals surface area contributed by atoms with Gasteiger partial charge in [0.15, 0.2) is 0 Å². The summed E-state index contributed by atoms with van der Waals surface area (Å²) in [5, 5.41) is 17.5. The molecule has 1 N–H and O–H groups in total. The fraction of sp³-hybridized carbons (Fsp3) is 0.333. The van der Waals surface area contributed by atoms with Crippen LogP contribution in [0, 0.1) is 18.3 Å². The third kappa shape index (κ3) is 3.30. The van der Waals surface area contributed by atoms with Crippen molar-refractivity contribution in [2.75, 3.05) is 13.1 Å². The highest BCUT2D eigenvalue weighted by Gasteiger charge is 2.25. The van der Waals surface area contributed by atoms with Crippen molar-refractivity contribution in [3.63, 3.8) is 0 Å². The molecule has 19 heavy (non-hydrogen) atoms. The summed E-state index contributed by atoms with van der Waals surface area (Å²) in [6, 6.07) is 6.04. The molecule has 0 aliphatic rings. The maximum absolute atomic E-state index is 12.2. The summed E-state index contributed by atoms with van der Waals surface area (Å²) in [5.41, 5.74) is 0.926. The Morgan fingerprint density at radius 2 is 2.11 bits per heavy atom. The maximum Gasteiger partial charge on any atom is 0.318 e. The number of nitrogens with zero attached hydrogens (tertiary/aromatic N) is 2. The van der Waals surface area contributed by atoms with Gasteiger partial charge in [-0.15, -0.1) is 0 Å². The fourth-order valence-corrected chi connectivity index (χ4v) is 3.07. The molecule has 0 aromatic heterocycles. The number of sulfonamides is 1. The van der Waals surface area contributed by atoms with Crippen LogP contribution in [-0.2, 0) is 14.8 Å². The largest absolute Gasteiger partial charge is 0.480 e. The van der Waals surface area contributed by atoms with Gasteiger partial charge >= 0.3 is 5.97 Å². The number of nitriles is 1. The van der Waals surface area contributed by atoms with Crippen LogP contribution in [0.3, 0.4) is 0 Å². The molecule has 0 fully saturated rings. The molecule has 0 aliphatic carbocycles. The predicted molar refractivity (Wildman–Crippen MR) is 68.0 cm³/mol. The molecular formula is C12H14N2O4S. The Bertz CT molecular complexity index is 632. The van der Waals surface area contributed by atoms with E-state index in [9.17, 15) is 13.2 Å². The number of aliphatic carboxylic acids is 1. The average molecular weight is 282 g/mol. The summed E-state index contributed by atoms with van der Waals surface area (Å²) in [5.74, 6) is -1.21. The van der Waals surface area contributed by atoms with Crippen LogP contribution in [0.1, 0.15) is 18.1 Å². The molecule has 102 valence electrons. The van der Waals surface area contributed by atoms with Crippen molar-refractivity contribution in [1.29, 1.82) is 5.26 Å². The van der Waals surface area contributed by atoms with E-state index in [1.54, 1.807) is 13.8 Å². The molecule has 0 amide bonds. The molecular weight excluding hydrogens is 268 g/mol. The van der Waals surface area contributed by atoms with Crippen molar-refractivity contribution in [3.8, 4) is 6.07 Å². The molecule has 6 nitrogen and oxygen atoms in total. The predicted octanol–water partition coefficient (Wildman–Crippen LogP) is 0.962. The van der Waals surface area contributed by atoms with E-state index in [4.69, 9.17) is 10.4 Å². The second-order valence-corrected chi connectivity index (χ2v) is 5.85. The number of aryl methyl sites for hydroxylation is 1. The van der Waals surface area contributed by atoms with E-state index in [2.05, 4.69) is 0 Å². The van der Waals surface area contributed by atoms with E-state index in [0.29, 0.717) is 11.1 Å². The minimum absolute atomic E-state index is 0.00731. The third-order valence-corrected chi connectivity index (χ3v) is 4.54. The first-order valence-corrected chi connectivity index (χ1v) is 6.99. The Hall–Kier alpha value is -1.91. The van der Waals surface area contributed by atoms with Gasteiger partial charge in [0.05, 0.1) is 16.5 Å². The van der Waals surface area contributed by atoms with Crippen LogP contribution in [0.4, 0.5) is 0 Å². The molecule has 0 aliphatic heterocycles. The van der Waals surface area contributed by atoms with Crippen molar-refractivity contribution < 1.29 is 18.3 Å². The van der Waals surface area contributed by atoms with Crippen molar-refractivity contribution in [2.24, 2.45) is 0 Å². The van der Waals surface area contributed by atoms with E-state index < -0.39 is 22.5 Å². The van der Waals surface area contributed by atoms with Gasteiger partial charge in [-0.1, -0.05) is 6.92 Å². The van der Waals surface area contributed by atoms with E-state index in [0.717, 1.165) is 4.31 Å². The minimum atomic E-state index is -3.85. The first-order chi connectivity index (χ1) is 8.82. The van der Waals surface area contributed by atoms with Crippen molar-refractivity contribution >= 4 is 16.0 Å². The first-order valence-electron chi connectivity index (χ1n) is 5.55. The number of likely N-dealkylation sites (N-methyl/N-ethyl adjacent to an activating group) is 1. The van der Waals surface area contributed by atoms with Gasteiger partial charge in [0.2, 0.25) is 10.0 Å². The lowest BCUT2D eigenvalue weighted by Crippen LogP contribution is -2.35. The number of carbonyl (C=O) groups is 1. The molecule has 0 unspecified atom stereocenters. The number of hydrogen-bond acceptors (Lipinski definition) is 4. The number of hydrogen-bond donors (Lipinski definition) is 1. The summed E-state index contributed by atoms with van der Waals surface area (Å²) >= 11 is 0. The number of carboxylic acids is 1.